The summed E-state index contributed by atoms with van der Waals surface area (Å²) in [6.07, 6.45) is 0. The smallest absolute Gasteiger partial charge is 0.341 e. The molecule has 0 radical (unpaired) electrons. The normalized spacial score (nSPS) is 10.2. The van der Waals surface area contributed by atoms with E-state index >= 15 is 0 Å². The second-order valence-corrected chi connectivity index (χ2v) is 6.17. The molecule has 0 aliphatic rings. The fraction of sp³-hybridized carbons (Fsp3) is 0.250. The molecule has 2 aromatic rings. The van der Waals surface area contributed by atoms with Crippen LogP contribution in [-0.2, 0) is 16.1 Å². The van der Waals surface area contributed by atoms with Gasteiger partial charge in [-0.1, -0.05) is 6.07 Å². The highest BCUT2D eigenvalue weighted by Crippen LogP contribution is 2.22. The van der Waals surface area contributed by atoms with Gasteiger partial charge < -0.3 is 15.0 Å². The second-order valence-electron chi connectivity index (χ2n) is 5.14. The summed E-state index contributed by atoms with van der Waals surface area (Å²) >= 11 is 1.53. The van der Waals surface area contributed by atoms with E-state index in [1.807, 2.05) is 17.5 Å². The number of non-ortho nitro benzene ring substituents is 1. The lowest BCUT2D eigenvalue weighted by atomic mass is 10.1. The Bertz CT molecular complexity index is 776. The molecule has 1 aromatic carbocycles. The van der Waals surface area contributed by atoms with Crippen LogP contribution >= 0.6 is 11.3 Å². The van der Waals surface area contributed by atoms with E-state index in [0.29, 0.717) is 12.2 Å². The summed E-state index contributed by atoms with van der Waals surface area (Å²) in [5, 5.41) is 15.5. The van der Waals surface area contributed by atoms with Crippen molar-refractivity contribution in [3.8, 4) is 0 Å². The number of nitro groups is 1. The number of esters is 1. The highest BCUT2D eigenvalue weighted by atomic mass is 32.1. The van der Waals surface area contributed by atoms with E-state index < -0.39 is 17.5 Å². The maximum Gasteiger partial charge on any atom is 0.341 e. The van der Waals surface area contributed by atoms with Crippen molar-refractivity contribution < 1.29 is 19.2 Å². The number of nitro benzene ring substituents is 1. The van der Waals surface area contributed by atoms with Gasteiger partial charge in [-0.2, -0.15) is 0 Å². The fourth-order valence-corrected chi connectivity index (χ4v) is 2.83. The van der Waals surface area contributed by atoms with Gasteiger partial charge in [0.25, 0.3) is 11.6 Å². The Morgan fingerprint density at radius 3 is 2.72 bits per heavy atom. The average molecular weight is 363 g/mol. The van der Waals surface area contributed by atoms with Crippen molar-refractivity contribution in [2.75, 3.05) is 26.0 Å². The third kappa shape index (κ3) is 4.77. The highest BCUT2D eigenvalue weighted by Gasteiger charge is 2.19. The number of amides is 1. The molecular weight excluding hydrogens is 346 g/mol. The zero-order valence-electron chi connectivity index (χ0n) is 13.7. The van der Waals surface area contributed by atoms with E-state index in [0.717, 1.165) is 10.9 Å². The van der Waals surface area contributed by atoms with Crippen LogP contribution in [0.15, 0.2) is 35.7 Å². The third-order valence-corrected chi connectivity index (χ3v) is 4.29. The zero-order chi connectivity index (χ0) is 18.4. The van der Waals surface area contributed by atoms with Crippen LogP contribution in [0.25, 0.3) is 0 Å². The van der Waals surface area contributed by atoms with E-state index in [2.05, 4.69) is 5.32 Å². The molecule has 0 saturated carbocycles. The first-order valence-electron chi connectivity index (χ1n) is 7.32. The van der Waals surface area contributed by atoms with Gasteiger partial charge in [-0.25, -0.2) is 4.79 Å². The van der Waals surface area contributed by atoms with Gasteiger partial charge in [-0.15, -0.1) is 11.3 Å². The van der Waals surface area contributed by atoms with Crippen LogP contribution < -0.4 is 5.32 Å². The number of rotatable bonds is 7. The molecule has 0 spiro atoms. The monoisotopic (exact) mass is 363 g/mol. The predicted molar refractivity (Wildman–Crippen MR) is 93.7 cm³/mol. The molecule has 0 aliphatic heterocycles. The van der Waals surface area contributed by atoms with Crippen LogP contribution in [-0.4, -0.2) is 42.4 Å². The van der Waals surface area contributed by atoms with Crippen LogP contribution in [0.1, 0.15) is 15.2 Å². The number of hydrogen-bond donors (Lipinski definition) is 1. The minimum atomic E-state index is -0.800. The Balaban J connectivity index is 2.00. The van der Waals surface area contributed by atoms with Crippen LogP contribution in [0.3, 0.4) is 0 Å². The Hall–Kier alpha value is -2.94. The summed E-state index contributed by atoms with van der Waals surface area (Å²) in [6, 6.07) is 7.61. The van der Waals surface area contributed by atoms with Gasteiger partial charge in [0.05, 0.1) is 17.0 Å². The van der Waals surface area contributed by atoms with Crippen LogP contribution in [0.5, 0.6) is 0 Å². The Labute approximate surface area is 148 Å². The number of carbonyl (C=O) groups is 2. The average Bonchev–Trinajstić information content (AvgIpc) is 3.11. The van der Waals surface area contributed by atoms with Crippen molar-refractivity contribution in [3.05, 3.63) is 56.3 Å². The summed E-state index contributed by atoms with van der Waals surface area (Å²) in [7, 11) is 3.19. The first-order valence-corrected chi connectivity index (χ1v) is 8.20. The van der Waals surface area contributed by atoms with Crippen molar-refractivity contribution in [1.29, 1.82) is 0 Å². The summed E-state index contributed by atoms with van der Waals surface area (Å²) in [4.78, 5) is 37.0. The maximum absolute atomic E-state index is 12.2. The molecule has 0 bridgehead atoms. The minimum absolute atomic E-state index is 0.00501. The van der Waals surface area contributed by atoms with Crippen molar-refractivity contribution in [3.63, 3.8) is 0 Å². The lowest BCUT2D eigenvalue weighted by Gasteiger charge is -2.16. The number of nitrogens with zero attached hydrogens (tertiary/aromatic N) is 2. The van der Waals surface area contributed by atoms with Gasteiger partial charge in [0.1, 0.15) is 0 Å². The molecule has 0 aliphatic carbocycles. The predicted octanol–water partition coefficient (Wildman–Crippen LogP) is 2.51. The van der Waals surface area contributed by atoms with Crippen LogP contribution in [0.4, 0.5) is 11.4 Å². The lowest BCUT2D eigenvalue weighted by Crippen LogP contribution is -2.30. The number of nitrogens with one attached hydrogen (secondary N) is 1. The Kier molecular flexibility index (Phi) is 6.07. The van der Waals surface area contributed by atoms with Crippen LogP contribution in [0.2, 0.25) is 0 Å². The summed E-state index contributed by atoms with van der Waals surface area (Å²) in [5.41, 5.74) is 0.160. The molecule has 8 nitrogen and oxygen atoms in total. The molecule has 0 fully saturated rings. The first kappa shape index (κ1) is 18.4. The molecule has 1 amide bonds. The lowest BCUT2D eigenvalue weighted by molar-refractivity contribution is -0.384. The zero-order valence-corrected chi connectivity index (χ0v) is 14.5. The molecule has 1 aromatic heterocycles. The number of carbonyl (C=O) groups excluding carboxylic acids is 2. The molecule has 0 atom stereocenters. The van der Waals surface area contributed by atoms with E-state index in [-0.39, 0.29) is 17.2 Å². The molecule has 1 N–H and O–H groups in total. The Morgan fingerprint density at radius 1 is 1.36 bits per heavy atom. The third-order valence-electron chi connectivity index (χ3n) is 3.43. The summed E-state index contributed by atoms with van der Waals surface area (Å²) < 4.78 is 5.02. The molecule has 9 heteroatoms. The Morgan fingerprint density at radius 2 is 2.12 bits per heavy atom. The summed E-state index contributed by atoms with van der Waals surface area (Å²) in [6.45, 7) is -0.0147. The van der Waals surface area contributed by atoms with E-state index in [1.165, 1.54) is 28.4 Å². The SMILES string of the molecule is CNc1ccc([N+](=O)[O-])cc1C(=O)OCC(=O)N(C)Cc1cccs1. The van der Waals surface area contributed by atoms with Gasteiger partial charge in [-0.3, -0.25) is 14.9 Å². The number of ether oxygens (including phenoxy) is 1. The standard InChI is InChI=1S/C16H17N3O5S/c1-17-14-6-5-11(19(22)23)8-13(14)16(21)24-10-15(20)18(2)9-12-4-3-7-25-12/h3-8,17H,9-10H2,1-2H3. The van der Waals surface area contributed by atoms with Crippen molar-refractivity contribution in [2.24, 2.45) is 0 Å². The molecule has 132 valence electrons. The number of anilines is 1. The number of thiophene rings is 1. The topological polar surface area (TPSA) is 102 Å². The number of hydrogen-bond acceptors (Lipinski definition) is 7. The number of benzene rings is 1. The molecule has 0 saturated heterocycles. The highest BCUT2D eigenvalue weighted by molar-refractivity contribution is 7.09. The molecular formula is C16H17N3O5S. The van der Waals surface area contributed by atoms with Crippen molar-refractivity contribution in [2.45, 2.75) is 6.54 Å². The maximum atomic E-state index is 12.2. The van der Waals surface area contributed by atoms with Crippen molar-refractivity contribution in [1.82, 2.24) is 4.90 Å². The number of likely N-dealkylation sites (N-methyl/N-ethyl adjacent to an activating group) is 1. The quantitative estimate of drug-likeness (QED) is 0.461. The second kappa shape index (κ2) is 8.25. The van der Waals surface area contributed by atoms with E-state index in [4.69, 9.17) is 4.74 Å². The van der Waals surface area contributed by atoms with Gasteiger partial charge in [0.15, 0.2) is 6.61 Å². The van der Waals surface area contributed by atoms with Gasteiger partial charge in [0.2, 0.25) is 0 Å². The molecule has 1 heterocycles. The fourth-order valence-electron chi connectivity index (χ4n) is 2.07. The van der Waals surface area contributed by atoms with E-state index in [1.54, 1.807) is 14.1 Å². The van der Waals surface area contributed by atoms with Gasteiger partial charge >= 0.3 is 5.97 Å². The minimum Gasteiger partial charge on any atom is -0.452 e. The van der Waals surface area contributed by atoms with Crippen molar-refractivity contribution >= 4 is 34.6 Å². The molecule has 0 unspecified atom stereocenters. The van der Waals surface area contributed by atoms with E-state index in [9.17, 15) is 19.7 Å². The molecule has 25 heavy (non-hydrogen) atoms. The van der Waals surface area contributed by atoms with Gasteiger partial charge in [0, 0.05) is 36.8 Å². The summed E-state index contributed by atoms with van der Waals surface area (Å²) in [5.74, 6) is -1.16. The first-order chi connectivity index (χ1) is 11.9. The largest absolute Gasteiger partial charge is 0.452 e. The van der Waals surface area contributed by atoms with Gasteiger partial charge in [-0.05, 0) is 17.5 Å². The van der Waals surface area contributed by atoms with Crippen LogP contribution in [0, 0.1) is 10.1 Å². The molecule has 2 rings (SSSR count).